The fourth-order valence-electron chi connectivity index (χ4n) is 4.02. The zero-order valence-electron chi connectivity index (χ0n) is 17.6. The lowest BCUT2D eigenvalue weighted by Gasteiger charge is -2.20. The second-order valence-electron chi connectivity index (χ2n) is 7.75. The largest absolute Gasteiger partial charge is 0.467 e. The van der Waals surface area contributed by atoms with Gasteiger partial charge in [-0.2, -0.15) is 4.98 Å². The molecule has 0 aliphatic heterocycles. The minimum atomic E-state index is -0.357. The average Bonchev–Trinajstić information content (AvgIpc) is 3.21. The Morgan fingerprint density at radius 2 is 1.65 bits per heavy atom. The summed E-state index contributed by atoms with van der Waals surface area (Å²) >= 11 is 0. The molecule has 1 aliphatic carbocycles. The summed E-state index contributed by atoms with van der Waals surface area (Å²) in [4.78, 5) is 20.4. The second kappa shape index (κ2) is 10.3. The van der Waals surface area contributed by atoms with Crippen LogP contribution in [-0.2, 0) is 22.7 Å². The van der Waals surface area contributed by atoms with E-state index in [0.29, 0.717) is 26.2 Å². The van der Waals surface area contributed by atoms with Crippen LogP contribution in [0.5, 0.6) is 6.01 Å². The number of rotatable bonds is 9. The molecule has 0 unspecified atom stereocenters. The number of nitrogens with zero attached hydrogens (tertiary/aromatic N) is 3. The lowest BCUT2D eigenvalue weighted by atomic mass is 10.1. The molecule has 7 heteroatoms. The maximum Gasteiger partial charge on any atom is 0.353 e. The smallest absolute Gasteiger partial charge is 0.353 e. The van der Waals surface area contributed by atoms with Gasteiger partial charge < -0.3 is 14.2 Å². The average molecular weight is 421 g/mol. The molecule has 1 saturated carbocycles. The summed E-state index contributed by atoms with van der Waals surface area (Å²) in [5.41, 5.74) is 1.91. The molecule has 3 aromatic rings. The van der Waals surface area contributed by atoms with Crippen molar-refractivity contribution in [2.24, 2.45) is 5.92 Å². The molecule has 0 bridgehead atoms. The Morgan fingerprint density at radius 1 is 0.968 bits per heavy atom. The van der Waals surface area contributed by atoms with E-state index in [4.69, 9.17) is 14.2 Å². The van der Waals surface area contributed by atoms with Gasteiger partial charge in [0.15, 0.2) is 0 Å². The summed E-state index contributed by atoms with van der Waals surface area (Å²) in [5.74, 6) is 0.173. The molecule has 7 nitrogen and oxygen atoms in total. The number of methoxy groups -OCH3 is 1. The van der Waals surface area contributed by atoms with Crippen molar-refractivity contribution >= 4 is 0 Å². The van der Waals surface area contributed by atoms with Gasteiger partial charge in [0.2, 0.25) is 0 Å². The molecule has 162 valence electrons. The zero-order chi connectivity index (χ0) is 21.5. The Hall–Kier alpha value is -3.03. The van der Waals surface area contributed by atoms with Crippen LogP contribution in [0.25, 0.3) is 0 Å². The first-order valence-corrected chi connectivity index (χ1v) is 10.5. The summed E-state index contributed by atoms with van der Waals surface area (Å²) in [6, 6.07) is 20.3. The molecule has 1 aliphatic rings. The van der Waals surface area contributed by atoms with Crippen molar-refractivity contribution in [2.75, 3.05) is 13.7 Å². The van der Waals surface area contributed by atoms with E-state index in [2.05, 4.69) is 34.2 Å². The monoisotopic (exact) mass is 421 g/mol. The van der Waals surface area contributed by atoms with Crippen LogP contribution in [0.4, 0.5) is 0 Å². The Morgan fingerprint density at radius 3 is 2.29 bits per heavy atom. The number of hydrogen-bond donors (Lipinski definition) is 0. The van der Waals surface area contributed by atoms with Gasteiger partial charge in [-0.15, -0.1) is 4.98 Å². The van der Waals surface area contributed by atoms with Gasteiger partial charge in [-0.05, 0) is 24.0 Å². The van der Waals surface area contributed by atoms with E-state index in [1.165, 1.54) is 13.4 Å². The molecule has 3 atom stereocenters. The highest BCUT2D eigenvalue weighted by Crippen LogP contribution is 2.37. The first-order chi connectivity index (χ1) is 15.2. The minimum absolute atomic E-state index is 0.0185. The highest BCUT2D eigenvalue weighted by molar-refractivity contribution is 5.14. The van der Waals surface area contributed by atoms with Crippen molar-refractivity contribution in [3.05, 3.63) is 88.6 Å². The van der Waals surface area contributed by atoms with E-state index in [1.807, 2.05) is 36.4 Å². The van der Waals surface area contributed by atoms with Crippen LogP contribution >= 0.6 is 0 Å². The molecule has 0 amide bonds. The van der Waals surface area contributed by atoms with E-state index in [-0.39, 0.29) is 29.8 Å². The molecule has 4 rings (SSSR count). The quantitative estimate of drug-likeness (QED) is 0.527. The summed E-state index contributed by atoms with van der Waals surface area (Å²) in [6.45, 7) is 1.65. The lowest BCUT2D eigenvalue weighted by molar-refractivity contribution is -0.0190. The Kier molecular flexibility index (Phi) is 7.07. The molecule has 31 heavy (non-hydrogen) atoms. The van der Waals surface area contributed by atoms with Crippen LogP contribution in [0.3, 0.4) is 0 Å². The van der Waals surface area contributed by atoms with Gasteiger partial charge in [-0.3, -0.25) is 4.57 Å². The number of hydrogen-bond acceptors (Lipinski definition) is 6. The molecule has 0 N–H and O–H groups in total. The van der Waals surface area contributed by atoms with Crippen LogP contribution in [0, 0.1) is 5.92 Å². The highest BCUT2D eigenvalue weighted by Gasteiger charge is 2.37. The SMILES string of the molecule is COc1ncn([C@@H]2C[C@H](COCc3ccccc3)[C@@H](OCc3ccccc3)C2)c(=O)n1. The Balaban J connectivity index is 1.43. The zero-order valence-corrected chi connectivity index (χ0v) is 17.6. The van der Waals surface area contributed by atoms with Crippen molar-refractivity contribution < 1.29 is 14.2 Å². The van der Waals surface area contributed by atoms with E-state index in [1.54, 1.807) is 4.57 Å². The Labute approximate surface area is 181 Å². The number of benzene rings is 2. The van der Waals surface area contributed by atoms with Crippen molar-refractivity contribution in [3.63, 3.8) is 0 Å². The summed E-state index contributed by atoms with van der Waals surface area (Å²) < 4.78 is 18.8. The van der Waals surface area contributed by atoms with Gasteiger partial charge in [-0.1, -0.05) is 60.7 Å². The van der Waals surface area contributed by atoms with Crippen LogP contribution in [0.15, 0.2) is 71.8 Å². The van der Waals surface area contributed by atoms with Gasteiger partial charge in [0.05, 0.1) is 33.0 Å². The number of ether oxygens (including phenoxy) is 3. The molecule has 1 fully saturated rings. The minimum Gasteiger partial charge on any atom is -0.467 e. The molecule has 0 radical (unpaired) electrons. The van der Waals surface area contributed by atoms with E-state index in [0.717, 1.165) is 17.5 Å². The predicted molar refractivity (Wildman–Crippen MR) is 116 cm³/mol. The summed E-state index contributed by atoms with van der Waals surface area (Å²) in [6.07, 6.45) is 2.97. The highest BCUT2D eigenvalue weighted by atomic mass is 16.5. The summed E-state index contributed by atoms with van der Waals surface area (Å²) in [7, 11) is 1.45. The first-order valence-electron chi connectivity index (χ1n) is 10.5. The Bertz CT molecular complexity index is 1010. The third-order valence-electron chi connectivity index (χ3n) is 5.64. The van der Waals surface area contributed by atoms with Gasteiger partial charge in [-0.25, -0.2) is 4.79 Å². The van der Waals surface area contributed by atoms with Crippen molar-refractivity contribution in [1.82, 2.24) is 14.5 Å². The lowest BCUT2D eigenvalue weighted by Crippen LogP contribution is -2.27. The molecule has 2 aromatic carbocycles. The van der Waals surface area contributed by atoms with Crippen LogP contribution < -0.4 is 10.4 Å². The predicted octanol–water partition coefficient (Wildman–Crippen LogP) is 3.40. The van der Waals surface area contributed by atoms with E-state index < -0.39 is 0 Å². The van der Waals surface area contributed by atoms with Crippen LogP contribution in [0.1, 0.15) is 30.0 Å². The van der Waals surface area contributed by atoms with Gasteiger partial charge in [0.1, 0.15) is 6.33 Å². The molecule has 0 saturated heterocycles. The molecule has 1 heterocycles. The molecular weight excluding hydrogens is 394 g/mol. The maximum absolute atomic E-state index is 12.4. The van der Waals surface area contributed by atoms with Crippen molar-refractivity contribution in [3.8, 4) is 6.01 Å². The molecule has 0 spiro atoms. The topological polar surface area (TPSA) is 75.5 Å². The van der Waals surface area contributed by atoms with Crippen LogP contribution in [0.2, 0.25) is 0 Å². The molecule has 1 aromatic heterocycles. The second-order valence-corrected chi connectivity index (χ2v) is 7.75. The standard InChI is InChI=1S/C24H27N3O4/c1-29-23-25-17-27(24(28)26-23)21-12-20(16-30-14-18-8-4-2-5-9-18)22(13-21)31-15-19-10-6-3-7-11-19/h2-11,17,20-22H,12-16H2,1H3/t20-,21-,22+/m1/s1. The van der Waals surface area contributed by atoms with E-state index in [9.17, 15) is 4.79 Å². The third kappa shape index (κ3) is 5.57. The maximum atomic E-state index is 12.4. The van der Waals surface area contributed by atoms with Gasteiger partial charge >= 0.3 is 11.7 Å². The van der Waals surface area contributed by atoms with E-state index >= 15 is 0 Å². The third-order valence-corrected chi connectivity index (χ3v) is 5.64. The van der Waals surface area contributed by atoms with Crippen LogP contribution in [-0.4, -0.2) is 34.4 Å². The first kappa shape index (κ1) is 21.2. The van der Waals surface area contributed by atoms with Crippen molar-refractivity contribution in [2.45, 2.75) is 38.2 Å². The van der Waals surface area contributed by atoms with Gasteiger partial charge in [0, 0.05) is 12.0 Å². The fourth-order valence-corrected chi connectivity index (χ4v) is 4.02. The van der Waals surface area contributed by atoms with Crippen molar-refractivity contribution in [1.29, 1.82) is 0 Å². The molecular formula is C24H27N3O4. The number of aromatic nitrogens is 3. The fraction of sp³-hybridized carbons (Fsp3) is 0.375. The summed E-state index contributed by atoms with van der Waals surface area (Å²) in [5, 5.41) is 0. The van der Waals surface area contributed by atoms with Gasteiger partial charge in [0.25, 0.3) is 0 Å². The normalized spacial score (nSPS) is 20.6.